The Kier molecular flexibility index (Phi) is 35.7. The number of nitrogens with zero attached hydrogens (tertiary/aromatic N) is 2. The number of hydrogen-bond acceptors (Lipinski definition) is 8. The van der Waals surface area contributed by atoms with Crippen LogP contribution in [-0.4, -0.2) is 95.4 Å². The molecule has 410 valence electrons. The molecule has 0 fully saturated rings. The van der Waals surface area contributed by atoms with E-state index in [0.717, 1.165) is 93.0 Å². The molecular formula is C60H102N2NiO8. The fourth-order valence-electron chi connectivity index (χ4n) is 9.34. The number of aryl methyl sites for hydroxylation is 2. The van der Waals surface area contributed by atoms with Gasteiger partial charge >= 0.3 is 129 Å². The Labute approximate surface area is 437 Å². The Hall–Kier alpha value is -2.31. The van der Waals surface area contributed by atoms with E-state index in [9.17, 15) is 46.4 Å². The molecule has 8 N–H and O–H groups in total. The predicted octanol–water partition coefficient (Wildman–Crippen LogP) is 12.6. The zero-order valence-corrected chi connectivity index (χ0v) is 46.3. The van der Waals surface area contributed by atoms with Gasteiger partial charge in [0.1, 0.15) is 24.4 Å². The van der Waals surface area contributed by atoms with Crippen LogP contribution in [0.1, 0.15) is 229 Å². The molecule has 0 saturated carbocycles. The Morgan fingerprint density at radius 2 is 0.704 bits per heavy atom. The maximum absolute atomic E-state index is 12.4. The first-order chi connectivity index (χ1) is 34.3. The van der Waals surface area contributed by atoms with E-state index in [1.807, 2.05) is 26.6 Å². The van der Waals surface area contributed by atoms with E-state index in [4.69, 9.17) is 0 Å². The summed E-state index contributed by atoms with van der Waals surface area (Å²) in [7, 11) is 0. The van der Waals surface area contributed by atoms with Crippen LogP contribution < -0.4 is 0 Å². The molecule has 1 aliphatic heterocycles. The third-order valence-corrected chi connectivity index (χ3v) is 15.1. The van der Waals surface area contributed by atoms with Crippen LogP contribution in [0.3, 0.4) is 0 Å². The molecule has 2 aromatic rings. The minimum atomic E-state index is -1.62. The average molecular weight is 1040 g/mol. The Balaban J connectivity index is 0.000000765. The number of benzene rings is 2. The van der Waals surface area contributed by atoms with Crippen LogP contribution in [0.4, 0.5) is 0 Å². The van der Waals surface area contributed by atoms with E-state index in [-0.39, 0.29) is 12.8 Å². The number of aliphatic hydroxyl groups excluding tert-OH is 8. The molecule has 11 heteroatoms. The van der Waals surface area contributed by atoms with Crippen LogP contribution in [0, 0.1) is 0 Å². The first kappa shape index (κ1) is 64.8. The van der Waals surface area contributed by atoms with E-state index >= 15 is 0 Å². The van der Waals surface area contributed by atoms with E-state index < -0.39 is 49.8 Å². The monoisotopic (exact) mass is 1040 g/mol. The standard InChI is InChI=1S/C42H64N2O8.2C9H19.Ni/c1-5-9-13-27-17-28(14-10-6-2)20-31(19-27)39-33(15-11-7-3)34(16-12-8-4)40(44(39)43)32-21-29(23-35(47)41(51)37(49)25-45)18-30(22-32)24-36(48)42(52)38(50)26-46;2*1-3-5-7-9-8-6-4-2;/h17-22,35-38,41-42,45-52H,5-16,23-26H2,1-4H3;2*1,3-9H2,2H3;. The number of rotatable bonds is 40. The molecule has 1 aliphatic rings. The summed E-state index contributed by atoms with van der Waals surface area (Å²) >= 11 is 2.01. The summed E-state index contributed by atoms with van der Waals surface area (Å²) in [5.74, 6) is 0. The Bertz CT molecular complexity index is 1720. The van der Waals surface area contributed by atoms with Crippen LogP contribution in [0.2, 0.25) is 10.8 Å². The van der Waals surface area contributed by atoms with Crippen molar-refractivity contribution in [1.29, 1.82) is 0 Å². The van der Waals surface area contributed by atoms with E-state index in [1.54, 1.807) is 6.07 Å². The van der Waals surface area contributed by atoms with Crippen molar-refractivity contribution < 1.29 is 60.0 Å². The number of hydrogen-bond donors (Lipinski definition) is 8. The van der Waals surface area contributed by atoms with Gasteiger partial charge in [0.2, 0.25) is 11.4 Å². The number of allylic oxidation sites excluding steroid dienone is 2. The summed E-state index contributed by atoms with van der Waals surface area (Å²) in [5, 5.41) is 84.3. The normalized spacial score (nSPS) is 15.5. The molecule has 1 heterocycles. The van der Waals surface area contributed by atoms with Gasteiger partial charge in [-0.2, -0.15) is 0 Å². The molecule has 10 nitrogen and oxygen atoms in total. The SMILES string of the molecule is CCCCC1=C(c2cc(CCCC)cc(CCCC)c2)[N+](=[N-])C(c2cc(CC(O)C(O)C(O)CO)cc(CC(O)C(O)C(O)CO)c2)=C1CCCC.CCCCCCCC[CH2][Ni][CH2]CCCCCCCC. The van der Waals surface area contributed by atoms with Crippen LogP contribution in [0.15, 0.2) is 47.5 Å². The minimum absolute atomic E-state index is 0.122. The van der Waals surface area contributed by atoms with Gasteiger partial charge in [0, 0.05) is 35.1 Å². The third kappa shape index (κ3) is 24.3. The van der Waals surface area contributed by atoms with Gasteiger partial charge in [-0.15, -0.1) is 0 Å². The van der Waals surface area contributed by atoms with Gasteiger partial charge < -0.3 is 46.4 Å². The second-order valence-corrected chi connectivity index (χ2v) is 21.7. The van der Waals surface area contributed by atoms with Crippen molar-refractivity contribution >= 4 is 11.4 Å². The molecule has 71 heavy (non-hydrogen) atoms. The number of unbranched alkanes of at least 4 members (excludes halogenated alkanes) is 16. The van der Waals surface area contributed by atoms with Crippen molar-refractivity contribution in [3.63, 3.8) is 0 Å². The summed E-state index contributed by atoms with van der Waals surface area (Å²) in [6.07, 6.45) is 22.2. The Morgan fingerprint density at radius 3 is 1.06 bits per heavy atom. The molecular weight excluding hydrogens is 935 g/mol. The average Bonchev–Trinajstić information content (AvgIpc) is 3.65. The van der Waals surface area contributed by atoms with Gasteiger partial charge in [-0.1, -0.05) is 65.5 Å². The van der Waals surface area contributed by atoms with Crippen molar-refractivity contribution in [1.82, 2.24) is 0 Å². The molecule has 0 spiro atoms. The van der Waals surface area contributed by atoms with Crippen LogP contribution in [0.5, 0.6) is 0 Å². The maximum atomic E-state index is 12.4. The number of aliphatic hydroxyl groups is 8. The van der Waals surface area contributed by atoms with Crippen LogP contribution in [-0.2, 0) is 40.1 Å². The molecule has 0 saturated heterocycles. The van der Waals surface area contributed by atoms with Crippen molar-refractivity contribution in [2.45, 2.75) is 269 Å². The van der Waals surface area contributed by atoms with Gasteiger partial charge in [-0.05, 0) is 97.9 Å². The molecule has 6 unspecified atom stereocenters. The summed E-state index contributed by atoms with van der Waals surface area (Å²) in [6.45, 7) is 11.8. The van der Waals surface area contributed by atoms with Crippen LogP contribution >= 0.6 is 0 Å². The molecule has 0 radical (unpaired) electrons. The second-order valence-electron chi connectivity index (χ2n) is 20.2. The molecule has 6 atom stereocenters. The molecule has 2 aromatic carbocycles. The van der Waals surface area contributed by atoms with Crippen molar-refractivity contribution in [3.05, 3.63) is 86.5 Å². The van der Waals surface area contributed by atoms with Gasteiger partial charge in [-0.25, -0.2) is 4.70 Å². The van der Waals surface area contributed by atoms with Crippen molar-refractivity contribution in [2.24, 2.45) is 0 Å². The van der Waals surface area contributed by atoms with Gasteiger partial charge in [0.05, 0.1) is 25.4 Å². The predicted molar refractivity (Wildman–Crippen MR) is 290 cm³/mol. The summed E-state index contributed by atoms with van der Waals surface area (Å²) in [5.41, 5.74) is 20.9. The summed E-state index contributed by atoms with van der Waals surface area (Å²) in [4.78, 5) is 0. The van der Waals surface area contributed by atoms with E-state index in [2.05, 4.69) is 59.7 Å². The zero-order valence-electron chi connectivity index (χ0n) is 45.3. The first-order valence-corrected chi connectivity index (χ1v) is 29.7. The molecule has 0 aromatic heterocycles. The summed E-state index contributed by atoms with van der Waals surface area (Å²) in [6, 6.07) is 12.0. The Morgan fingerprint density at radius 1 is 0.394 bits per heavy atom. The van der Waals surface area contributed by atoms with Crippen molar-refractivity contribution in [2.75, 3.05) is 13.2 Å². The molecule has 0 aliphatic carbocycles. The van der Waals surface area contributed by atoms with E-state index in [0.29, 0.717) is 28.8 Å². The van der Waals surface area contributed by atoms with Gasteiger partial charge in [0.25, 0.3) is 0 Å². The van der Waals surface area contributed by atoms with Crippen molar-refractivity contribution in [3.8, 4) is 0 Å². The van der Waals surface area contributed by atoms with Crippen LogP contribution in [0.25, 0.3) is 16.9 Å². The molecule has 3 rings (SSSR count). The summed E-state index contributed by atoms with van der Waals surface area (Å²) < 4.78 is 1.29. The first-order valence-electron chi connectivity index (χ1n) is 28.3. The topological polar surface area (TPSA) is 187 Å². The molecule has 0 amide bonds. The second kappa shape index (κ2) is 39.2. The third-order valence-electron chi connectivity index (χ3n) is 13.7. The quantitative estimate of drug-likeness (QED) is 0.0184. The van der Waals surface area contributed by atoms with E-state index in [1.165, 1.54) is 116 Å². The van der Waals surface area contributed by atoms with Gasteiger partial charge in [0.15, 0.2) is 0 Å². The fraction of sp³-hybridized carbons (Fsp3) is 0.733. The molecule has 0 bridgehead atoms. The fourth-order valence-corrected chi connectivity index (χ4v) is 10.6. The van der Waals surface area contributed by atoms with Gasteiger partial charge in [-0.3, -0.25) is 0 Å². The zero-order chi connectivity index (χ0) is 52.4.